The molecule has 4 fully saturated rings. The molecule has 5 rings (SSSR count). The molecule has 1 aromatic rings. The maximum absolute atomic E-state index is 5.69. The molecule has 0 atom stereocenters. The maximum Gasteiger partial charge on any atom is 0.232 e. The standard InChI is InChI=1S/C12H17N3S/c13-11-14-10(16-15-11)12-4-7-1-8(5-12)3-9(2-7)6-12/h7-9H,1-6H2,(H2,13,15). The average Bonchev–Trinajstić information content (AvgIpc) is 2.63. The summed E-state index contributed by atoms with van der Waals surface area (Å²) in [6.45, 7) is 0. The Bertz CT molecular complexity index is 390. The number of aromatic nitrogens is 2. The topological polar surface area (TPSA) is 51.8 Å². The number of nitrogens with two attached hydrogens (primary N) is 1. The van der Waals surface area contributed by atoms with Gasteiger partial charge in [-0.1, -0.05) is 0 Å². The van der Waals surface area contributed by atoms with Crippen molar-refractivity contribution >= 4 is 17.5 Å². The van der Waals surface area contributed by atoms with E-state index in [4.69, 9.17) is 5.73 Å². The summed E-state index contributed by atoms with van der Waals surface area (Å²) in [5.74, 6) is 3.39. The van der Waals surface area contributed by atoms with E-state index in [0.29, 0.717) is 11.4 Å². The Hall–Kier alpha value is -0.640. The molecule has 0 amide bonds. The second-order valence-corrected chi connectivity index (χ2v) is 6.91. The molecule has 4 aliphatic rings. The van der Waals surface area contributed by atoms with Gasteiger partial charge in [-0.25, -0.2) is 4.98 Å². The van der Waals surface area contributed by atoms with Crippen LogP contribution in [0.3, 0.4) is 0 Å². The van der Waals surface area contributed by atoms with Crippen molar-refractivity contribution in [1.29, 1.82) is 0 Å². The largest absolute Gasteiger partial charge is 0.367 e. The van der Waals surface area contributed by atoms with Crippen LogP contribution in [0.25, 0.3) is 0 Å². The number of anilines is 1. The summed E-state index contributed by atoms with van der Waals surface area (Å²) in [7, 11) is 0. The highest BCUT2D eigenvalue weighted by atomic mass is 32.1. The first-order chi connectivity index (χ1) is 7.73. The lowest BCUT2D eigenvalue weighted by atomic mass is 9.50. The van der Waals surface area contributed by atoms with Crippen molar-refractivity contribution < 1.29 is 0 Å². The van der Waals surface area contributed by atoms with Gasteiger partial charge in [0.1, 0.15) is 5.01 Å². The number of hydrogen-bond donors (Lipinski definition) is 1. The second kappa shape index (κ2) is 2.97. The third kappa shape index (κ3) is 1.19. The van der Waals surface area contributed by atoms with Crippen LogP contribution in [0, 0.1) is 17.8 Å². The van der Waals surface area contributed by atoms with E-state index in [1.165, 1.54) is 43.5 Å². The van der Waals surface area contributed by atoms with Gasteiger partial charge in [0, 0.05) is 5.41 Å². The first-order valence-electron chi connectivity index (χ1n) is 6.33. The van der Waals surface area contributed by atoms with Gasteiger partial charge in [-0.3, -0.25) is 0 Å². The Morgan fingerprint density at radius 1 is 1.06 bits per heavy atom. The molecule has 3 nitrogen and oxygen atoms in total. The van der Waals surface area contributed by atoms with Gasteiger partial charge in [0.2, 0.25) is 5.95 Å². The van der Waals surface area contributed by atoms with E-state index in [1.54, 1.807) is 11.5 Å². The van der Waals surface area contributed by atoms with E-state index in [-0.39, 0.29) is 0 Å². The molecule has 0 radical (unpaired) electrons. The Morgan fingerprint density at radius 2 is 1.62 bits per heavy atom. The summed E-state index contributed by atoms with van der Waals surface area (Å²) < 4.78 is 4.18. The van der Waals surface area contributed by atoms with Gasteiger partial charge in [0.15, 0.2) is 0 Å². The molecule has 0 unspecified atom stereocenters. The summed E-state index contributed by atoms with van der Waals surface area (Å²) in [4.78, 5) is 4.49. The summed E-state index contributed by atoms with van der Waals surface area (Å²) in [5.41, 5.74) is 6.06. The minimum atomic E-state index is 0.379. The average molecular weight is 235 g/mol. The van der Waals surface area contributed by atoms with Crippen molar-refractivity contribution in [3.05, 3.63) is 5.01 Å². The number of nitrogen functional groups attached to an aromatic ring is 1. The molecule has 1 aromatic heterocycles. The van der Waals surface area contributed by atoms with Gasteiger partial charge in [-0.2, -0.15) is 4.37 Å². The van der Waals surface area contributed by atoms with Crippen molar-refractivity contribution in [2.24, 2.45) is 17.8 Å². The van der Waals surface area contributed by atoms with Gasteiger partial charge >= 0.3 is 0 Å². The quantitative estimate of drug-likeness (QED) is 0.814. The van der Waals surface area contributed by atoms with E-state index in [9.17, 15) is 0 Å². The lowest BCUT2D eigenvalue weighted by molar-refractivity contribution is -0.00523. The molecule has 86 valence electrons. The van der Waals surface area contributed by atoms with E-state index in [1.807, 2.05) is 0 Å². The third-order valence-electron chi connectivity index (χ3n) is 4.93. The summed E-state index contributed by atoms with van der Waals surface area (Å²) in [6, 6.07) is 0. The Morgan fingerprint density at radius 3 is 2.06 bits per heavy atom. The van der Waals surface area contributed by atoms with Gasteiger partial charge in [0.25, 0.3) is 0 Å². The second-order valence-electron chi connectivity index (χ2n) is 6.16. The molecule has 0 aromatic carbocycles. The molecule has 4 saturated carbocycles. The van der Waals surface area contributed by atoms with Crippen LogP contribution in [-0.4, -0.2) is 9.36 Å². The molecule has 4 bridgehead atoms. The molecule has 4 aliphatic carbocycles. The third-order valence-corrected chi connectivity index (χ3v) is 5.91. The minimum absolute atomic E-state index is 0.379. The van der Waals surface area contributed by atoms with E-state index in [0.717, 1.165) is 17.8 Å². The van der Waals surface area contributed by atoms with E-state index in [2.05, 4.69) is 9.36 Å². The Balaban J connectivity index is 1.76. The highest BCUT2D eigenvalue weighted by Crippen LogP contribution is 2.60. The van der Waals surface area contributed by atoms with Crippen LogP contribution in [0.5, 0.6) is 0 Å². The monoisotopic (exact) mass is 235 g/mol. The number of nitrogens with zero attached hydrogens (tertiary/aromatic N) is 2. The van der Waals surface area contributed by atoms with Crippen LogP contribution in [0.15, 0.2) is 0 Å². The van der Waals surface area contributed by atoms with Crippen LogP contribution >= 0.6 is 11.5 Å². The predicted octanol–water partition coefficient (Wildman–Crippen LogP) is 2.59. The first kappa shape index (κ1) is 9.40. The van der Waals surface area contributed by atoms with Crippen molar-refractivity contribution in [2.75, 3.05) is 5.73 Å². The van der Waals surface area contributed by atoms with Gasteiger partial charge in [0.05, 0.1) is 0 Å². The zero-order valence-corrected chi connectivity index (χ0v) is 10.2. The maximum atomic E-state index is 5.69. The molecule has 4 heteroatoms. The van der Waals surface area contributed by atoms with Gasteiger partial charge < -0.3 is 5.73 Å². The minimum Gasteiger partial charge on any atom is -0.367 e. The van der Waals surface area contributed by atoms with E-state index >= 15 is 0 Å². The van der Waals surface area contributed by atoms with Crippen molar-refractivity contribution in [3.63, 3.8) is 0 Å². The Labute approximate surface area is 99.6 Å². The summed E-state index contributed by atoms with van der Waals surface area (Å²) >= 11 is 1.55. The fourth-order valence-electron chi connectivity index (χ4n) is 4.82. The number of rotatable bonds is 1. The Kier molecular flexibility index (Phi) is 1.75. The zero-order chi connectivity index (χ0) is 10.8. The molecule has 16 heavy (non-hydrogen) atoms. The van der Waals surface area contributed by atoms with Crippen LogP contribution in [0.1, 0.15) is 43.5 Å². The van der Waals surface area contributed by atoms with Gasteiger partial charge in [-0.15, -0.1) is 0 Å². The molecular formula is C12H17N3S. The molecule has 0 spiro atoms. The van der Waals surface area contributed by atoms with Gasteiger partial charge in [-0.05, 0) is 67.8 Å². The van der Waals surface area contributed by atoms with Crippen LogP contribution in [0.4, 0.5) is 5.95 Å². The van der Waals surface area contributed by atoms with Crippen LogP contribution < -0.4 is 5.73 Å². The summed E-state index contributed by atoms with van der Waals surface area (Å²) in [5, 5.41) is 1.24. The van der Waals surface area contributed by atoms with Crippen LogP contribution in [0.2, 0.25) is 0 Å². The molecular weight excluding hydrogens is 218 g/mol. The number of hydrogen-bond acceptors (Lipinski definition) is 4. The zero-order valence-electron chi connectivity index (χ0n) is 9.35. The predicted molar refractivity (Wildman–Crippen MR) is 64.2 cm³/mol. The fourth-order valence-corrected chi connectivity index (χ4v) is 5.62. The fraction of sp³-hybridized carbons (Fsp3) is 0.833. The molecule has 0 saturated heterocycles. The first-order valence-corrected chi connectivity index (χ1v) is 7.10. The van der Waals surface area contributed by atoms with Crippen molar-refractivity contribution in [1.82, 2.24) is 9.36 Å². The molecule has 0 aliphatic heterocycles. The van der Waals surface area contributed by atoms with Crippen molar-refractivity contribution in [3.8, 4) is 0 Å². The smallest absolute Gasteiger partial charge is 0.232 e. The highest BCUT2D eigenvalue weighted by molar-refractivity contribution is 7.05. The molecule has 1 heterocycles. The van der Waals surface area contributed by atoms with Crippen molar-refractivity contribution in [2.45, 2.75) is 43.9 Å². The lowest BCUT2D eigenvalue weighted by Crippen LogP contribution is -2.48. The molecule has 2 N–H and O–H groups in total. The summed E-state index contributed by atoms with van der Waals surface area (Å²) in [6.07, 6.45) is 8.50. The van der Waals surface area contributed by atoms with E-state index < -0.39 is 0 Å². The highest BCUT2D eigenvalue weighted by Gasteiger charge is 2.53. The SMILES string of the molecule is Nc1nsc(C23CC4CC(CC(C4)C2)C3)n1. The van der Waals surface area contributed by atoms with Crippen LogP contribution in [-0.2, 0) is 5.41 Å². The lowest BCUT2D eigenvalue weighted by Gasteiger charge is -2.55. The normalized spacial score (nSPS) is 45.1.